The van der Waals surface area contributed by atoms with Crippen molar-refractivity contribution in [3.8, 4) is 0 Å². The standard InChI is InChI=1S/C11H12N2O4S/c1-8(14)9-3-2-4-10(7-9)18(15,16)13-11-5-6-17-12-11/h2-8,14H,1H3,(H,12,13). The van der Waals surface area contributed by atoms with Gasteiger partial charge in [0.15, 0.2) is 5.82 Å². The van der Waals surface area contributed by atoms with E-state index in [1.54, 1.807) is 19.1 Å². The summed E-state index contributed by atoms with van der Waals surface area (Å²) in [5.74, 6) is 0.109. The summed E-state index contributed by atoms with van der Waals surface area (Å²) in [5, 5.41) is 12.9. The monoisotopic (exact) mass is 268 g/mol. The van der Waals surface area contributed by atoms with E-state index in [4.69, 9.17) is 0 Å². The summed E-state index contributed by atoms with van der Waals surface area (Å²) in [6.45, 7) is 1.57. The van der Waals surface area contributed by atoms with Gasteiger partial charge in [0, 0.05) is 6.07 Å². The largest absolute Gasteiger partial charge is 0.389 e. The molecule has 2 aromatic rings. The number of nitrogens with zero attached hydrogens (tertiary/aromatic N) is 1. The summed E-state index contributed by atoms with van der Waals surface area (Å²) in [7, 11) is -3.72. The second-order valence-electron chi connectivity index (χ2n) is 3.74. The Labute approximate surface area is 104 Å². The van der Waals surface area contributed by atoms with Crippen molar-refractivity contribution >= 4 is 15.8 Å². The molecule has 0 saturated carbocycles. The first-order valence-electron chi connectivity index (χ1n) is 5.20. The summed E-state index contributed by atoms with van der Waals surface area (Å²) in [6.07, 6.45) is 0.538. The van der Waals surface area contributed by atoms with Crippen molar-refractivity contribution in [2.45, 2.75) is 17.9 Å². The molecule has 1 aromatic carbocycles. The van der Waals surface area contributed by atoms with Crippen molar-refractivity contribution < 1.29 is 18.0 Å². The highest BCUT2D eigenvalue weighted by atomic mass is 32.2. The van der Waals surface area contributed by atoms with Gasteiger partial charge in [0.05, 0.1) is 11.0 Å². The molecular formula is C11H12N2O4S. The van der Waals surface area contributed by atoms with Crippen LogP contribution < -0.4 is 4.72 Å². The van der Waals surface area contributed by atoms with Crippen LogP contribution in [0.4, 0.5) is 5.82 Å². The molecule has 96 valence electrons. The molecular weight excluding hydrogens is 256 g/mol. The predicted molar refractivity (Wildman–Crippen MR) is 64.4 cm³/mol. The summed E-state index contributed by atoms with van der Waals surface area (Å²) in [4.78, 5) is 0.0592. The maximum Gasteiger partial charge on any atom is 0.263 e. The van der Waals surface area contributed by atoms with E-state index in [0.717, 1.165) is 0 Å². The number of benzene rings is 1. The number of hydrogen-bond donors (Lipinski definition) is 2. The van der Waals surface area contributed by atoms with Crippen LogP contribution in [-0.4, -0.2) is 18.7 Å². The van der Waals surface area contributed by atoms with E-state index in [2.05, 4.69) is 14.4 Å². The highest BCUT2D eigenvalue weighted by Crippen LogP contribution is 2.19. The minimum atomic E-state index is -3.72. The van der Waals surface area contributed by atoms with Gasteiger partial charge in [-0.15, -0.1) is 0 Å². The van der Waals surface area contributed by atoms with Gasteiger partial charge in [-0.05, 0) is 24.6 Å². The molecule has 0 spiro atoms. The molecule has 0 aliphatic rings. The Kier molecular flexibility index (Phi) is 3.35. The van der Waals surface area contributed by atoms with Crippen LogP contribution in [0.3, 0.4) is 0 Å². The number of hydrogen-bond acceptors (Lipinski definition) is 5. The van der Waals surface area contributed by atoms with E-state index >= 15 is 0 Å². The lowest BCUT2D eigenvalue weighted by Gasteiger charge is -2.08. The lowest BCUT2D eigenvalue weighted by molar-refractivity contribution is 0.199. The van der Waals surface area contributed by atoms with E-state index < -0.39 is 16.1 Å². The average Bonchev–Trinajstić information content (AvgIpc) is 2.81. The van der Waals surface area contributed by atoms with Gasteiger partial charge in [-0.2, -0.15) is 0 Å². The summed E-state index contributed by atoms with van der Waals surface area (Å²) < 4.78 is 30.8. The summed E-state index contributed by atoms with van der Waals surface area (Å²) >= 11 is 0. The van der Waals surface area contributed by atoms with Gasteiger partial charge >= 0.3 is 0 Å². The van der Waals surface area contributed by atoms with Crippen LogP contribution in [0.2, 0.25) is 0 Å². The molecule has 6 nitrogen and oxygen atoms in total. The lowest BCUT2D eigenvalue weighted by Crippen LogP contribution is -2.13. The van der Waals surface area contributed by atoms with Gasteiger partial charge < -0.3 is 9.63 Å². The van der Waals surface area contributed by atoms with Crippen LogP contribution in [-0.2, 0) is 10.0 Å². The molecule has 0 radical (unpaired) electrons. The Morgan fingerprint density at radius 3 is 2.78 bits per heavy atom. The van der Waals surface area contributed by atoms with E-state index in [0.29, 0.717) is 5.56 Å². The van der Waals surface area contributed by atoms with E-state index in [9.17, 15) is 13.5 Å². The fraction of sp³-hybridized carbons (Fsp3) is 0.182. The van der Waals surface area contributed by atoms with E-state index in [1.807, 2.05) is 0 Å². The van der Waals surface area contributed by atoms with Gasteiger partial charge in [-0.3, -0.25) is 4.72 Å². The number of sulfonamides is 1. The molecule has 1 atom stereocenters. The number of rotatable bonds is 4. The van der Waals surface area contributed by atoms with Crippen LogP contribution in [0.1, 0.15) is 18.6 Å². The molecule has 2 rings (SSSR count). The van der Waals surface area contributed by atoms with Crippen molar-refractivity contribution in [3.05, 3.63) is 42.2 Å². The van der Waals surface area contributed by atoms with Gasteiger partial charge in [-0.25, -0.2) is 8.42 Å². The molecule has 2 N–H and O–H groups in total. The molecule has 0 fully saturated rings. The molecule has 0 amide bonds. The zero-order valence-electron chi connectivity index (χ0n) is 9.57. The number of aliphatic hydroxyl groups excluding tert-OH is 1. The molecule has 1 aromatic heterocycles. The molecule has 1 heterocycles. The molecule has 7 heteroatoms. The highest BCUT2D eigenvalue weighted by molar-refractivity contribution is 7.92. The van der Waals surface area contributed by atoms with Crippen molar-refractivity contribution in [3.63, 3.8) is 0 Å². The van der Waals surface area contributed by atoms with Gasteiger partial charge in [0.1, 0.15) is 6.26 Å². The molecule has 0 bridgehead atoms. The van der Waals surface area contributed by atoms with Gasteiger partial charge in [0.25, 0.3) is 10.0 Å². The first-order chi connectivity index (χ1) is 8.49. The maximum atomic E-state index is 12.0. The smallest absolute Gasteiger partial charge is 0.263 e. The molecule has 18 heavy (non-hydrogen) atoms. The number of aromatic nitrogens is 1. The van der Waals surface area contributed by atoms with Crippen LogP contribution in [0.25, 0.3) is 0 Å². The topological polar surface area (TPSA) is 92.4 Å². The van der Waals surface area contributed by atoms with Crippen LogP contribution in [0.5, 0.6) is 0 Å². The van der Waals surface area contributed by atoms with Crippen LogP contribution in [0, 0.1) is 0 Å². The van der Waals surface area contributed by atoms with Crippen molar-refractivity contribution in [2.24, 2.45) is 0 Å². The summed E-state index contributed by atoms with van der Waals surface area (Å²) in [6, 6.07) is 7.47. The Balaban J connectivity index is 2.32. The van der Waals surface area contributed by atoms with Crippen LogP contribution in [0.15, 0.2) is 46.0 Å². The average molecular weight is 268 g/mol. The second-order valence-corrected chi connectivity index (χ2v) is 5.42. The Hall–Kier alpha value is -1.86. The maximum absolute atomic E-state index is 12.0. The van der Waals surface area contributed by atoms with Crippen molar-refractivity contribution in [1.82, 2.24) is 5.16 Å². The van der Waals surface area contributed by atoms with Crippen molar-refractivity contribution in [1.29, 1.82) is 0 Å². The minimum Gasteiger partial charge on any atom is -0.389 e. The number of anilines is 1. The van der Waals surface area contributed by atoms with E-state index in [1.165, 1.54) is 24.5 Å². The first-order valence-corrected chi connectivity index (χ1v) is 6.68. The number of nitrogens with one attached hydrogen (secondary N) is 1. The third-order valence-electron chi connectivity index (χ3n) is 2.33. The first kappa shape index (κ1) is 12.6. The normalized spacial score (nSPS) is 13.2. The second kappa shape index (κ2) is 4.79. The molecule has 0 aliphatic heterocycles. The zero-order chi connectivity index (χ0) is 13.2. The van der Waals surface area contributed by atoms with E-state index in [-0.39, 0.29) is 10.7 Å². The van der Waals surface area contributed by atoms with Crippen molar-refractivity contribution in [2.75, 3.05) is 4.72 Å². The summed E-state index contributed by atoms with van der Waals surface area (Å²) in [5.41, 5.74) is 0.526. The Morgan fingerprint density at radius 2 is 2.17 bits per heavy atom. The third-order valence-corrected chi connectivity index (χ3v) is 3.68. The zero-order valence-corrected chi connectivity index (χ0v) is 10.4. The third kappa shape index (κ3) is 2.69. The van der Waals surface area contributed by atoms with Crippen LogP contribution >= 0.6 is 0 Å². The van der Waals surface area contributed by atoms with Gasteiger partial charge in [-0.1, -0.05) is 17.3 Å². The van der Waals surface area contributed by atoms with Gasteiger partial charge in [0.2, 0.25) is 0 Å². The molecule has 1 unspecified atom stereocenters. The molecule has 0 saturated heterocycles. The lowest BCUT2D eigenvalue weighted by atomic mass is 10.1. The Morgan fingerprint density at radius 1 is 1.39 bits per heavy atom. The fourth-order valence-electron chi connectivity index (χ4n) is 1.40. The quantitative estimate of drug-likeness (QED) is 0.877. The SMILES string of the molecule is CC(O)c1cccc(S(=O)(=O)Nc2ccon2)c1. The predicted octanol–water partition coefficient (Wildman–Crippen LogP) is 1.53. The minimum absolute atomic E-state index is 0.0592. The fourth-order valence-corrected chi connectivity index (χ4v) is 2.45. The number of aliphatic hydroxyl groups is 1. The Bertz CT molecular complexity index is 620. The highest BCUT2D eigenvalue weighted by Gasteiger charge is 2.16. The molecule has 0 aliphatic carbocycles.